The molecule has 2 heterocycles. The van der Waals surface area contributed by atoms with Crippen LogP contribution in [0.3, 0.4) is 0 Å². The molecule has 0 atom stereocenters. The van der Waals surface area contributed by atoms with Crippen LogP contribution in [0.2, 0.25) is 0 Å². The van der Waals surface area contributed by atoms with Crippen molar-refractivity contribution < 1.29 is 9.31 Å². The summed E-state index contributed by atoms with van der Waals surface area (Å²) in [6.45, 7) is 0.368. The van der Waals surface area contributed by atoms with E-state index in [1.165, 1.54) is 21.8 Å². The summed E-state index contributed by atoms with van der Waals surface area (Å²) in [5.74, 6) is -0.164. The number of benzene rings is 1. The normalized spacial score (nSPS) is 10.9. The van der Waals surface area contributed by atoms with Gasteiger partial charge in [-0.2, -0.15) is 9.38 Å². The van der Waals surface area contributed by atoms with Gasteiger partial charge in [0.25, 0.3) is 4.96 Å². The van der Waals surface area contributed by atoms with Gasteiger partial charge in [-0.05, 0) is 23.0 Å². The molecule has 0 saturated carbocycles. The van der Waals surface area contributed by atoms with E-state index in [2.05, 4.69) is 10.3 Å². The third-order valence-corrected chi connectivity index (χ3v) is 3.81. The highest BCUT2D eigenvalue weighted by atomic mass is 32.1. The number of fused-ring (bicyclic) bond motifs is 1. The number of nitro groups is 1. The molecule has 0 saturated heterocycles. The first kappa shape index (κ1) is 13.5. The highest BCUT2D eigenvalue weighted by molar-refractivity contribution is 7.15. The summed E-state index contributed by atoms with van der Waals surface area (Å²) in [6.07, 6.45) is 2.03. The Morgan fingerprint density at radius 2 is 2.24 bits per heavy atom. The average molecular weight is 306 g/mol. The van der Waals surface area contributed by atoms with Crippen molar-refractivity contribution in [3.8, 4) is 0 Å². The molecule has 0 fully saturated rings. The topological polar surface area (TPSA) is 72.5 Å². The second kappa shape index (κ2) is 5.49. The van der Waals surface area contributed by atoms with Gasteiger partial charge in [-0.15, -0.1) is 0 Å². The number of imidazole rings is 1. The van der Waals surface area contributed by atoms with Gasteiger partial charge >= 0.3 is 5.82 Å². The van der Waals surface area contributed by atoms with E-state index in [1.807, 2.05) is 0 Å². The first-order valence-corrected chi connectivity index (χ1v) is 7.12. The molecular weight excluding hydrogens is 295 g/mol. The molecular formula is C13H11FN4O2S. The SMILES string of the molecule is O=[N+]([O-])c1c(NCCc2ccccc2F)nc2sccn12. The van der Waals surface area contributed by atoms with E-state index < -0.39 is 4.92 Å². The lowest BCUT2D eigenvalue weighted by Crippen LogP contribution is -2.08. The quantitative estimate of drug-likeness (QED) is 0.580. The fraction of sp³-hybridized carbons (Fsp3) is 0.154. The number of nitrogens with one attached hydrogen (secondary N) is 1. The Labute approximate surface area is 123 Å². The van der Waals surface area contributed by atoms with Gasteiger partial charge in [-0.1, -0.05) is 29.5 Å². The average Bonchev–Trinajstić information content (AvgIpc) is 3.00. The molecule has 8 heteroatoms. The zero-order chi connectivity index (χ0) is 14.8. The lowest BCUT2D eigenvalue weighted by molar-refractivity contribution is -0.389. The number of aromatic nitrogens is 2. The molecule has 2 aromatic heterocycles. The first-order chi connectivity index (χ1) is 10.2. The third-order valence-electron chi connectivity index (χ3n) is 3.05. The summed E-state index contributed by atoms with van der Waals surface area (Å²) in [7, 11) is 0. The Morgan fingerprint density at radius 3 is 3.00 bits per heavy atom. The smallest absolute Gasteiger partial charge is 0.363 e. The standard InChI is InChI=1S/C13H11FN4O2S/c14-10-4-2-1-3-9(10)5-6-15-11-12(18(19)20)17-7-8-21-13(17)16-11/h1-4,7-8,15H,5-6H2. The van der Waals surface area contributed by atoms with Crippen LogP contribution in [0.15, 0.2) is 35.8 Å². The molecule has 1 aromatic carbocycles. The molecule has 0 aliphatic heterocycles. The fourth-order valence-electron chi connectivity index (χ4n) is 2.08. The van der Waals surface area contributed by atoms with Crippen molar-refractivity contribution in [3.63, 3.8) is 0 Å². The number of halogens is 1. The van der Waals surface area contributed by atoms with Crippen LogP contribution in [0.25, 0.3) is 4.96 Å². The predicted octanol–water partition coefficient (Wildman–Crippen LogP) is 3.10. The zero-order valence-electron chi connectivity index (χ0n) is 10.8. The lowest BCUT2D eigenvalue weighted by atomic mass is 10.1. The minimum Gasteiger partial charge on any atom is -0.363 e. The molecule has 3 rings (SSSR count). The first-order valence-electron chi connectivity index (χ1n) is 6.24. The Balaban J connectivity index is 1.76. The van der Waals surface area contributed by atoms with Crippen molar-refractivity contribution in [2.75, 3.05) is 11.9 Å². The maximum absolute atomic E-state index is 13.5. The highest BCUT2D eigenvalue weighted by Gasteiger charge is 2.23. The van der Waals surface area contributed by atoms with Crippen molar-refractivity contribution in [1.82, 2.24) is 9.38 Å². The monoisotopic (exact) mass is 306 g/mol. The van der Waals surface area contributed by atoms with E-state index in [-0.39, 0.29) is 17.5 Å². The molecule has 108 valence electrons. The van der Waals surface area contributed by atoms with Crippen LogP contribution in [-0.4, -0.2) is 20.9 Å². The molecule has 1 N–H and O–H groups in total. The highest BCUT2D eigenvalue weighted by Crippen LogP contribution is 2.27. The van der Waals surface area contributed by atoms with Crippen molar-refractivity contribution in [2.45, 2.75) is 6.42 Å². The maximum atomic E-state index is 13.5. The van der Waals surface area contributed by atoms with Crippen molar-refractivity contribution >= 4 is 27.9 Å². The fourth-order valence-corrected chi connectivity index (χ4v) is 2.79. The van der Waals surface area contributed by atoms with Gasteiger partial charge in [0.05, 0.1) is 0 Å². The minimum atomic E-state index is -0.474. The van der Waals surface area contributed by atoms with Crippen LogP contribution in [-0.2, 0) is 6.42 Å². The summed E-state index contributed by atoms with van der Waals surface area (Å²) in [5.41, 5.74) is 0.564. The lowest BCUT2D eigenvalue weighted by Gasteiger charge is -2.04. The van der Waals surface area contributed by atoms with E-state index >= 15 is 0 Å². The van der Waals surface area contributed by atoms with Gasteiger partial charge in [-0.3, -0.25) is 0 Å². The Morgan fingerprint density at radius 1 is 1.43 bits per heavy atom. The Hall–Kier alpha value is -2.48. The second-order valence-corrected chi connectivity index (χ2v) is 5.24. The second-order valence-electron chi connectivity index (χ2n) is 4.36. The molecule has 0 aliphatic rings. The van der Waals surface area contributed by atoms with Crippen LogP contribution in [0, 0.1) is 15.9 Å². The molecule has 6 nitrogen and oxygen atoms in total. The number of anilines is 1. The molecule has 3 aromatic rings. The van der Waals surface area contributed by atoms with Crippen LogP contribution >= 0.6 is 11.3 Å². The van der Waals surface area contributed by atoms with Crippen LogP contribution in [0.4, 0.5) is 16.0 Å². The van der Waals surface area contributed by atoms with Gasteiger partial charge in [0.2, 0.25) is 5.82 Å². The summed E-state index contributed by atoms with van der Waals surface area (Å²) >= 11 is 1.32. The van der Waals surface area contributed by atoms with Gasteiger partial charge in [0.1, 0.15) is 12.0 Å². The number of nitrogens with zero attached hydrogens (tertiary/aromatic N) is 3. The van der Waals surface area contributed by atoms with Crippen LogP contribution in [0.1, 0.15) is 5.56 Å². The number of thiazole rings is 1. The summed E-state index contributed by atoms with van der Waals surface area (Å²) < 4.78 is 14.9. The Kier molecular flexibility index (Phi) is 3.53. The molecule has 0 unspecified atom stereocenters. The minimum absolute atomic E-state index is 0.0974. The van der Waals surface area contributed by atoms with Crippen molar-refractivity contribution in [1.29, 1.82) is 0 Å². The predicted molar refractivity (Wildman–Crippen MR) is 78.3 cm³/mol. The zero-order valence-corrected chi connectivity index (χ0v) is 11.6. The van der Waals surface area contributed by atoms with Gasteiger partial charge in [-0.25, -0.2) is 4.39 Å². The van der Waals surface area contributed by atoms with E-state index in [1.54, 1.807) is 29.8 Å². The van der Waals surface area contributed by atoms with E-state index in [0.29, 0.717) is 23.5 Å². The summed E-state index contributed by atoms with van der Waals surface area (Å²) in [4.78, 5) is 15.4. The largest absolute Gasteiger partial charge is 0.372 e. The molecule has 0 bridgehead atoms. The number of hydrogen-bond donors (Lipinski definition) is 1. The van der Waals surface area contributed by atoms with E-state index in [4.69, 9.17) is 0 Å². The van der Waals surface area contributed by atoms with Gasteiger partial charge in [0.15, 0.2) is 0 Å². The van der Waals surface area contributed by atoms with Gasteiger partial charge in [0, 0.05) is 11.9 Å². The molecule has 0 aliphatic carbocycles. The van der Waals surface area contributed by atoms with E-state index in [9.17, 15) is 14.5 Å². The number of hydrogen-bond acceptors (Lipinski definition) is 5. The molecule has 0 spiro atoms. The summed E-state index contributed by atoms with van der Waals surface area (Å²) in [6, 6.07) is 6.47. The Bertz CT molecular complexity index is 798. The van der Waals surface area contributed by atoms with Crippen molar-refractivity contribution in [3.05, 3.63) is 57.3 Å². The molecule has 0 amide bonds. The van der Waals surface area contributed by atoms with Gasteiger partial charge < -0.3 is 15.4 Å². The summed E-state index contributed by atoms with van der Waals surface area (Å²) in [5, 5.41) is 15.8. The van der Waals surface area contributed by atoms with E-state index in [0.717, 1.165) is 0 Å². The third kappa shape index (κ3) is 2.57. The van der Waals surface area contributed by atoms with Crippen LogP contribution < -0.4 is 5.32 Å². The maximum Gasteiger partial charge on any atom is 0.372 e. The number of rotatable bonds is 5. The molecule has 0 radical (unpaired) electrons. The van der Waals surface area contributed by atoms with Crippen molar-refractivity contribution in [2.24, 2.45) is 0 Å². The van der Waals surface area contributed by atoms with Crippen LogP contribution in [0.5, 0.6) is 0 Å². The molecule has 21 heavy (non-hydrogen) atoms.